The molecule has 1 aliphatic rings. The molecule has 4 nitrogen and oxygen atoms in total. The zero-order valence-electron chi connectivity index (χ0n) is 10.4. The normalized spacial score (nSPS) is 17.8. The highest BCUT2D eigenvalue weighted by atomic mass is 35.5. The number of carbonyl (C=O) groups excluding carboxylic acids is 2. The molecule has 0 aliphatic heterocycles. The van der Waals surface area contributed by atoms with Crippen molar-refractivity contribution in [1.82, 2.24) is 10.9 Å². The Morgan fingerprint density at radius 1 is 1.21 bits per heavy atom. The molecule has 0 spiro atoms. The molecule has 0 bridgehead atoms. The van der Waals surface area contributed by atoms with Gasteiger partial charge in [-0.15, -0.1) is 0 Å². The first-order chi connectivity index (χ1) is 9.16. The van der Waals surface area contributed by atoms with Gasteiger partial charge in [0.1, 0.15) is 0 Å². The van der Waals surface area contributed by atoms with Crippen LogP contribution >= 0.6 is 11.6 Å². The lowest BCUT2D eigenvalue weighted by Gasteiger charge is -2.17. The van der Waals surface area contributed by atoms with Crippen LogP contribution in [0.2, 0.25) is 5.02 Å². The van der Waals surface area contributed by atoms with E-state index in [0.29, 0.717) is 10.6 Å². The first-order valence-corrected chi connectivity index (χ1v) is 6.55. The van der Waals surface area contributed by atoms with Crippen molar-refractivity contribution in [3.63, 3.8) is 0 Å². The van der Waals surface area contributed by atoms with Crippen LogP contribution < -0.4 is 10.9 Å². The summed E-state index contributed by atoms with van der Waals surface area (Å²) in [5.74, 6) is -0.591. The summed E-state index contributed by atoms with van der Waals surface area (Å²) >= 11 is 5.80. The Balaban J connectivity index is 1.86. The highest BCUT2D eigenvalue weighted by molar-refractivity contribution is 6.30. The quantitative estimate of drug-likeness (QED) is 0.645. The van der Waals surface area contributed by atoms with E-state index in [9.17, 15) is 9.59 Å². The van der Waals surface area contributed by atoms with E-state index in [1.54, 1.807) is 24.3 Å². The summed E-state index contributed by atoms with van der Waals surface area (Å²) in [7, 11) is 0. The van der Waals surface area contributed by atoms with E-state index in [0.717, 1.165) is 19.3 Å². The standard InChI is InChI=1S/C14H15ClN2O2/c15-12-8-4-7-11(9-12)14(19)17-16-13(18)10-5-2-1-3-6-10/h1-2,4,7-10H,3,5-6H2,(H,16,18)(H,17,19). The van der Waals surface area contributed by atoms with Crippen LogP contribution in [0.15, 0.2) is 36.4 Å². The molecule has 1 aromatic carbocycles. The minimum atomic E-state index is -0.373. The number of halogens is 1. The number of hydrogen-bond donors (Lipinski definition) is 2. The maximum absolute atomic E-state index is 11.8. The molecule has 0 aromatic heterocycles. The Hall–Kier alpha value is -1.81. The molecule has 0 fully saturated rings. The van der Waals surface area contributed by atoms with E-state index in [1.807, 2.05) is 6.08 Å². The summed E-state index contributed by atoms with van der Waals surface area (Å²) in [5.41, 5.74) is 5.27. The van der Waals surface area contributed by atoms with Crippen LogP contribution in [0.4, 0.5) is 0 Å². The van der Waals surface area contributed by atoms with Gasteiger partial charge in [-0.2, -0.15) is 0 Å². The van der Waals surface area contributed by atoms with Gasteiger partial charge in [0.25, 0.3) is 5.91 Å². The van der Waals surface area contributed by atoms with Gasteiger partial charge in [0.05, 0.1) is 0 Å². The average molecular weight is 279 g/mol. The first-order valence-electron chi connectivity index (χ1n) is 6.17. The monoisotopic (exact) mass is 278 g/mol. The summed E-state index contributed by atoms with van der Waals surface area (Å²) in [6.45, 7) is 0. The van der Waals surface area contributed by atoms with Crippen molar-refractivity contribution < 1.29 is 9.59 Å². The molecule has 0 radical (unpaired) electrons. The second-order valence-electron chi connectivity index (χ2n) is 4.44. The molecule has 1 unspecified atom stereocenters. The summed E-state index contributed by atoms with van der Waals surface area (Å²) in [4.78, 5) is 23.6. The van der Waals surface area contributed by atoms with Crippen LogP contribution in [0.5, 0.6) is 0 Å². The molecule has 100 valence electrons. The van der Waals surface area contributed by atoms with Crippen molar-refractivity contribution >= 4 is 23.4 Å². The molecule has 5 heteroatoms. The molecule has 1 aliphatic carbocycles. The Bertz CT molecular complexity index is 514. The van der Waals surface area contributed by atoms with Crippen molar-refractivity contribution in [2.75, 3.05) is 0 Å². The number of hydrogen-bond acceptors (Lipinski definition) is 2. The lowest BCUT2D eigenvalue weighted by molar-refractivity contribution is -0.126. The summed E-state index contributed by atoms with van der Waals surface area (Å²) in [6.07, 6.45) is 6.50. The third-order valence-corrected chi connectivity index (χ3v) is 3.26. The van der Waals surface area contributed by atoms with E-state index >= 15 is 0 Å². The van der Waals surface area contributed by atoms with Gasteiger partial charge in [-0.25, -0.2) is 0 Å². The minimum absolute atomic E-state index is 0.0651. The highest BCUT2D eigenvalue weighted by Gasteiger charge is 2.19. The van der Waals surface area contributed by atoms with Crippen LogP contribution in [0.25, 0.3) is 0 Å². The second kappa shape index (κ2) is 6.38. The molecule has 2 amide bonds. The lowest BCUT2D eigenvalue weighted by Crippen LogP contribution is -2.44. The molecule has 2 N–H and O–H groups in total. The molecule has 0 heterocycles. The largest absolute Gasteiger partial charge is 0.273 e. The van der Waals surface area contributed by atoms with E-state index in [1.165, 1.54) is 0 Å². The molecule has 0 saturated heterocycles. The van der Waals surface area contributed by atoms with Crippen LogP contribution in [-0.4, -0.2) is 11.8 Å². The van der Waals surface area contributed by atoms with Crippen LogP contribution in [0, 0.1) is 5.92 Å². The number of carbonyl (C=O) groups is 2. The van der Waals surface area contributed by atoms with Gasteiger partial charge in [0, 0.05) is 16.5 Å². The fourth-order valence-electron chi connectivity index (χ4n) is 1.95. The molecule has 19 heavy (non-hydrogen) atoms. The first kappa shape index (κ1) is 13.6. The van der Waals surface area contributed by atoms with Gasteiger partial charge in [-0.05, 0) is 37.5 Å². The Morgan fingerprint density at radius 3 is 2.74 bits per heavy atom. The Labute approximate surface area is 116 Å². The van der Waals surface area contributed by atoms with Gasteiger partial charge < -0.3 is 0 Å². The van der Waals surface area contributed by atoms with Gasteiger partial charge in [0.15, 0.2) is 0 Å². The van der Waals surface area contributed by atoms with Gasteiger partial charge in [-0.1, -0.05) is 29.8 Å². The Morgan fingerprint density at radius 2 is 2.05 bits per heavy atom. The SMILES string of the molecule is O=C(NNC(=O)C1CC=CCC1)c1cccc(Cl)c1. The molecule has 1 aromatic rings. The molecular formula is C14H15ClN2O2. The fourth-order valence-corrected chi connectivity index (χ4v) is 2.14. The van der Waals surface area contributed by atoms with E-state index in [2.05, 4.69) is 16.9 Å². The van der Waals surface area contributed by atoms with Crippen molar-refractivity contribution in [2.24, 2.45) is 5.92 Å². The number of amides is 2. The van der Waals surface area contributed by atoms with Gasteiger partial charge >= 0.3 is 0 Å². The zero-order chi connectivity index (χ0) is 13.7. The average Bonchev–Trinajstić information content (AvgIpc) is 2.45. The number of nitrogens with one attached hydrogen (secondary N) is 2. The topological polar surface area (TPSA) is 58.2 Å². The maximum atomic E-state index is 11.8. The zero-order valence-corrected chi connectivity index (χ0v) is 11.1. The van der Waals surface area contributed by atoms with Gasteiger partial charge in [0.2, 0.25) is 5.91 Å². The van der Waals surface area contributed by atoms with Crippen molar-refractivity contribution in [3.05, 3.63) is 47.0 Å². The van der Waals surface area contributed by atoms with Crippen molar-refractivity contribution in [1.29, 1.82) is 0 Å². The second-order valence-corrected chi connectivity index (χ2v) is 4.87. The maximum Gasteiger partial charge on any atom is 0.269 e. The van der Waals surface area contributed by atoms with Crippen molar-refractivity contribution in [2.45, 2.75) is 19.3 Å². The van der Waals surface area contributed by atoms with Crippen LogP contribution in [0.3, 0.4) is 0 Å². The Kier molecular flexibility index (Phi) is 4.58. The van der Waals surface area contributed by atoms with Crippen LogP contribution in [-0.2, 0) is 4.79 Å². The third kappa shape index (κ3) is 3.83. The predicted molar refractivity (Wildman–Crippen MR) is 73.5 cm³/mol. The molecule has 1 atom stereocenters. The highest BCUT2D eigenvalue weighted by Crippen LogP contribution is 2.17. The predicted octanol–water partition coefficient (Wildman–Crippen LogP) is 2.46. The number of benzene rings is 1. The fraction of sp³-hybridized carbons (Fsp3) is 0.286. The number of rotatable bonds is 2. The molecule has 0 saturated carbocycles. The molecule has 2 rings (SSSR count). The van der Waals surface area contributed by atoms with E-state index in [-0.39, 0.29) is 17.7 Å². The summed E-state index contributed by atoms with van der Waals surface area (Å²) in [6, 6.07) is 6.55. The number of hydrazine groups is 1. The number of allylic oxidation sites excluding steroid dienone is 2. The smallest absolute Gasteiger partial charge is 0.269 e. The third-order valence-electron chi connectivity index (χ3n) is 3.03. The van der Waals surface area contributed by atoms with Crippen molar-refractivity contribution in [3.8, 4) is 0 Å². The minimum Gasteiger partial charge on any atom is -0.273 e. The molecular weight excluding hydrogens is 264 g/mol. The van der Waals surface area contributed by atoms with Crippen LogP contribution in [0.1, 0.15) is 29.6 Å². The summed E-state index contributed by atoms with van der Waals surface area (Å²) in [5, 5.41) is 0.483. The van der Waals surface area contributed by atoms with E-state index in [4.69, 9.17) is 11.6 Å². The van der Waals surface area contributed by atoms with E-state index < -0.39 is 0 Å². The van der Waals surface area contributed by atoms with Gasteiger partial charge in [-0.3, -0.25) is 20.4 Å². The lowest BCUT2D eigenvalue weighted by atomic mass is 9.94. The summed E-state index contributed by atoms with van der Waals surface area (Å²) < 4.78 is 0.